The number of hydrogen-bond donors (Lipinski definition) is 0. The summed E-state index contributed by atoms with van der Waals surface area (Å²) in [7, 11) is 0. The molecule has 1 aromatic carbocycles. The molecule has 0 radical (unpaired) electrons. The van der Waals surface area contributed by atoms with Gasteiger partial charge in [-0.2, -0.15) is 0 Å². The van der Waals surface area contributed by atoms with E-state index in [4.69, 9.17) is 27.9 Å². The summed E-state index contributed by atoms with van der Waals surface area (Å²) in [4.78, 5) is 19.1. The lowest BCUT2D eigenvalue weighted by molar-refractivity contribution is 0.0510. The first-order valence-corrected chi connectivity index (χ1v) is 9.56. The van der Waals surface area contributed by atoms with Gasteiger partial charge in [0.15, 0.2) is 5.75 Å². The minimum absolute atomic E-state index is 0.0230. The van der Waals surface area contributed by atoms with Crippen LogP contribution in [0.4, 0.5) is 0 Å². The zero-order chi connectivity index (χ0) is 18.7. The molecule has 26 heavy (non-hydrogen) atoms. The molecule has 0 N–H and O–H groups in total. The number of hydrogen-bond acceptors (Lipinski definition) is 3. The highest BCUT2D eigenvalue weighted by molar-refractivity contribution is 6.37. The lowest BCUT2D eigenvalue weighted by atomic mass is 9.96. The van der Waals surface area contributed by atoms with Crippen LogP contribution in [-0.4, -0.2) is 27.9 Å². The zero-order valence-corrected chi connectivity index (χ0v) is 16.4. The highest BCUT2D eigenvalue weighted by Crippen LogP contribution is 2.33. The van der Waals surface area contributed by atoms with Gasteiger partial charge in [0, 0.05) is 30.0 Å². The fourth-order valence-electron chi connectivity index (χ4n) is 3.43. The van der Waals surface area contributed by atoms with Crippen molar-refractivity contribution < 1.29 is 9.53 Å². The van der Waals surface area contributed by atoms with Crippen molar-refractivity contribution in [1.29, 1.82) is 0 Å². The SMILES string of the molecule is CC1CCCC(C)N1C(=O)c1cncc(COc2c(Cl)cccc2Cl)c1. The number of carbonyl (C=O) groups excluding carboxylic acids is 1. The van der Waals surface area contributed by atoms with Crippen molar-refractivity contribution in [3.05, 3.63) is 57.8 Å². The summed E-state index contributed by atoms with van der Waals surface area (Å²) in [6.07, 6.45) is 6.54. The zero-order valence-electron chi connectivity index (χ0n) is 14.9. The Labute approximate surface area is 164 Å². The van der Waals surface area contributed by atoms with Crippen LogP contribution in [-0.2, 0) is 6.61 Å². The van der Waals surface area contributed by atoms with Crippen LogP contribution in [0.25, 0.3) is 0 Å². The molecule has 0 spiro atoms. The maximum Gasteiger partial charge on any atom is 0.255 e. The molecule has 1 fully saturated rings. The van der Waals surface area contributed by atoms with E-state index in [-0.39, 0.29) is 24.6 Å². The summed E-state index contributed by atoms with van der Waals surface area (Å²) in [5, 5.41) is 0.905. The number of piperidine rings is 1. The molecule has 1 aliphatic heterocycles. The summed E-state index contributed by atoms with van der Waals surface area (Å²) in [5.41, 5.74) is 1.38. The lowest BCUT2D eigenvalue weighted by Gasteiger charge is -2.39. The largest absolute Gasteiger partial charge is 0.486 e. The molecule has 2 unspecified atom stereocenters. The molecular formula is C20H22Cl2N2O2. The highest BCUT2D eigenvalue weighted by Gasteiger charge is 2.29. The molecule has 0 saturated carbocycles. The molecule has 2 heterocycles. The fourth-order valence-corrected chi connectivity index (χ4v) is 3.94. The van der Waals surface area contributed by atoms with Crippen LogP contribution in [0.5, 0.6) is 5.75 Å². The van der Waals surface area contributed by atoms with Gasteiger partial charge in [-0.05, 0) is 51.3 Å². The normalized spacial score (nSPS) is 20.1. The van der Waals surface area contributed by atoms with Crippen molar-refractivity contribution in [2.75, 3.05) is 0 Å². The second-order valence-corrected chi connectivity index (χ2v) is 7.58. The number of nitrogens with zero attached hydrogens (tertiary/aromatic N) is 2. The molecule has 0 aliphatic carbocycles. The molecular weight excluding hydrogens is 371 g/mol. The number of halogens is 2. The van der Waals surface area contributed by atoms with Crippen molar-refractivity contribution in [3.63, 3.8) is 0 Å². The Morgan fingerprint density at radius 2 is 1.85 bits per heavy atom. The van der Waals surface area contributed by atoms with Gasteiger partial charge in [-0.3, -0.25) is 9.78 Å². The van der Waals surface area contributed by atoms with Crippen LogP contribution >= 0.6 is 23.2 Å². The molecule has 1 saturated heterocycles. The summed E-state index contributed by atoms with van der Waals surface area (Å²) in [5.74, 6) is 0.459. The average Bonchev–Trinajstić information content (AvgIpc) is 2.61. The number of pyridine rings is 1. The van der Waals surface area contributed by atoms with Crippen LogP contribution in [0.2, 0.25) is 10.0 Å². The standard InChI is InChI=1S/C20H22Cl2N2O2/c1-13-5-3-6-14(2)24(13)20(25)16-9-15(10-23-11-16)12-26-19-17(21)7-4-8-18(19)22/h4,7-11,13-14H,3,5-6,12H2,1-2H3. The van der Waals surface area contributed by atoms with Gasteiger partial charge < -0.3 is 9.64 Å². The van der Waals surface area contributed by atoms with E-state index in [1.54, 1.807) is 30.6 Å². The van der Waals surface area contributed by atoms with E-state index in [1.807, 2.05) is 11.0 Å². The first-order valence-electron chi connectivity index (χ1n) is 8.80. The number of para-hydroxylation sites is 1. The molecule has 1 amide bonds. The quantitative estimate of drug-likeness (QED) is 0.701. The topological polar surface area (TPSA) is 42.4 Å². The monoisotopic (exact) mass is 392 g/mol. The molecule has 2 atom stereocenters. The molecule has 1 aliphatic rings. The number of aromatic nitrogens is 1. The number of rotatable bonds is 4. The number of benzene rings is 1. The Morgan fingerprint density at radius 3 is 2.50 bits per heavy atom. The maximum absolute atomic E-state index is 13.0. The van der Waals surface area contributed by atoms with E-state index in [0.717, 1.165) is 24.8 Å². The number of amides is 1. The third-order valence-electron chi connectivity index (χ3n) is 4.77. The van der Waals surface area contributed by atoms with E-state index in [1.165, 1.54) is 0 Å². The van der Waals surface area contributed by atoms with Gasteiger partial charge in [0.25, 0.3) is 5.91 Å². The predicted molar refractivity (Wildman–Crippen MR) is 104 cm³/mol. The summed E-state index contributed by atoms with van der Waals surface area (Å²) >= 11 is 12.3. The lowest BCUT2D eigenvalue weighted by Crippen LogP contribution is -2.47. The average molecular weight is 393 g/mol. The second-order valence-electron chi connectivity index (χ2n) is 6.76. The fraction of sp³-hybridized carbons (Fsp3) is 0.400. The molecule has 138 valence electrons. The molecule has 4 nitrogen and oxygen atoms in total. The molecule has 6 heteroatoms. The van der Waals surface area contributed by atoms with E-state index in [0.29, 0.717) is 21.4 Å². The van der Waals surface area contributed by atoms with E-state index >= 15 is 0 Å². The van der Waals surface area contributed by atoms with Crippen LogP contribution in [0.15, 0.2) is 36.7 Å². The molecule has 2 aromatic rings. The maximum atomic E-state index is 13.0. The Kier molecular flexibility index (Phi) is 6.05. The van der Waals surface area contributed by atoms with Gasteiger partial charge in [-0.25, -0.2) is 0 Å². The predicted octanol–water partition coefficient (Wildman–Crippen LogP) is 5.37. The van der Waals surface area contributed by atoms with Crippen LogP contribution in [0.3, 0.4) is 0 Å². The first kappa shape index (κ1) is 19.0. The Morgan fingerprint density at radius 1 is 1.19 bits per heavy atom. The van der Waals surface area contributed by atoms with Gasteiger partial charge in [-0.15, -0.1) is 0 Å². The van der Waals surface area contributed by atoms with Gasteiger partial charge in [0.1, 0.15) is 6.61 Å². The van der Waals surface area contributed by atoms with E-state index < -0.39 is 0 Å². The minimum Gasteiger partial charge on any atom is -0.486 e. The van der Waals surface area contributed by atoms with Crippen LogP contribution < -0.4 is 4.74 Å². The van der Waals surface area contributed by atoms with E-state index in [9.17, 15) is 4.79 Å². The molecule has 0 bridgehead atoms. The highest BCUT2D eigenvalue weighted by atomic mass is 35.5. The summed E-state index contributed by atoms with van der Waals surface area (Å²) in [6, 6.07) is 7.52. The van der Waals surface area contributed by atoms with Crippen LogP contribution in [0, 0.1) is 0 Å². The van der Waals surface area contributed by atoms with Gasteiger partial charge in [0.2, 0.25) is 0 Å². The number of likely N-dealkylation sites (tertiary alicyclic amines) is 1. The van der Waals surface area contributed by atoms with Crippen molar-refractivity contribution in [3.8, 4) is 5.75 Å². The second kappa shape index (κ2) is 8.28. The van der Waals surface area contributed by atoms with Gasteiger partial charge >= 0.3 is 0 Å². The third kappa shape index (κ3) is 4.13. The molecule has 1 aromatic heterocycles. The Bertz CT molecular complexity index is 767. The smallest absolute Gasteiger partial charge is 0.255 e. The van der Waals surface area contributed by atoms with Crippen molar-refractivity contribution in [2.24, 2.45) is 0 Å². The number of carbonyl (C=O) groups is 1. The Hall–Kier alpha value is -1.78. The van der Waals surface area contributed by atoms with Crippen molar-refractivity contribution in [2.45, 2.75) is 51.8 Å². The first-order chi connectivity index (χ1) is 12.5. The minimum atomic E-state index is 0.0230. The van der Waals surface area contributed by atoms with E-state index in [2.05, 4.69) is 18.8 Å². The van der Waals surface area contributed by atoms with Crippen LogP contribution in [0.1, 0.15) is 49.0 Å². The molecule has 3 rings (SSSR count). The summed E-state index contributed by atoms with van der Waals surface area (Å²) < 4.78 is 5.75. The Balaban J connectivity index is 1.75. The van der Waals surface area contributed by atoms with Crippen molar-refractivity contribution >= 4 is 29.1 Å². The number of ether oxygens (including phenoxy) is 1. The third-order valence-corrected chi connectivity index (χ3v) is 5.37. The van der Waals surface area contributed by atoms with Crippen molar-refractivity contribution in [1.82, 2.24) is 9.88 Å². The van der Waals surface area contributed by atoms with Gasteiger partial charge in [-0.1, -0.05) is 29.3 Å². The van der Waals surface area contributed by atoms with Gasteiger partial charge in [0.05, 0.1) is 15.6 Å². The summed E-state index contributed by atoms with van der Waals surface area (Å²) in [6.45, 7) is 4.45.